The van der Waals surface area contributed by atoms with Crippen LogP contribution in [0.5, 0.6) is 17.2 Å². The summed E-state index contributed by atoms with van der Waals surface area (Å²) in [6, 6.07) is 19.1. The number of allylic oxidation sites excluding steroid dienone is 2. The Kier molecular flexibility index (Phi) is 7.45. The molecule has 4 amide bonds. The maximum atomic E-state index is 14.5. The number of benzene rings is 3. The van der Waals surface area contributed by atoms with Gasteiger partial charge >= 0.3 is 0 Å². The van der Waals surface area contributed by atoms with E-state index in [1.807, 2.05) is 47.7 Å². The van der Waals surface area contributed by atoms with Crippen molar-refractivity contribution in [2.24, 2.45) is 29.1 Å². The number of imide groups is 2. The van der Waals surface area contributed by atoms with Crippen molar-refractivity contribution in [1.29, 1.82) is 0 Å². The van der Waals surface area contributed by atoms with Crippen molar-refractivity contribution in [1.82, 2.24) is 4.90 Å². The third-order valence-corrected chi connectivity index (χ3v) is 11.4. The molecule has 0 aromatic heterocycles. The Balaban J connectivity index is 1.31. The molecule has 3 fully saturated rings. The number of phenols is 2. The first-order valence-corrected chi connectivity index (χ1v) is 16.5. The third-order valence-electron chi connectivity index (χ3n) is 10.5. The number of fused-ring (bicyclic) bond motifs is 4. The largest absolute Gasteiger partial charge is 0.508 e. The molecule has 236 valence electrons. The fourth-order valence-electron chi connectivity index (χ4n) is 8.32. The molecule has 2 N–H and O–H groups in total. The second-order valence-electron chi connectivity index (χ2n) is 12.8. The molecule has 6 unspecified atom stereocenters. The number of likely N-dealkylation sites (tertiary alicyclic amines) is 1. The number of hydrogen-bond donors (Lipinski definition) is 2. The summed E-state index contributed by atoms with van der Waals surface area (Å²) in [6.07, 6.45) is 3.09. The average Bonchev–Trinajstić information content (AvgIpc) is 3.41. The first kappa shape index (κ1) is 30.5. The minimum Gasteiger partial charge on any atom is -0.508 e. The Labute approximate surface area is 280 Å². The van der Waals surface area contributed by atoms with Crippen LogP contribution in [0.15, 0.2) is 78.4 Å². The number of rotatable bonds is 6. The molecule has 2 heterocycles. The number of anilines is 1. The zero-order valence-electron chi connectivity index (χ0n) is 25.4. The Morgan fingerprint density at radius 3 is 2.35 bits per heavy atom. The quantitative estimate of drug-likeness (QED) is 0.203. The Bertz CT molecular complexity index is 1810. The maximum absolute atomic E-state index is 14.5. The lowest BCUT2D eigenvalue weighted by atomic mass is 9.51. The second kappa shape index (κ2) is 11.3. The molecule has 2 aliphatic carbocycles. The Morgan fingerprint density at radius 2 is 1.65 bits per heavy atom. The minimum atomic E-state index is -1.18. The SMILES string of the molecule is COc1cc(C2C3=CCC4C(=O)N(CCc5ccc(O)cc5)C(=O)C4C3CC3C(=O)N(c4ccccc4)C(=O)C32C)cc(I)c1O. The molecule has 9 nitrogen and oxygen atoms in total. The number of carbonyl (C=O) groups excluding carboxylic acids is 4. The van der Waals surface area contributed by atoms with Gasteiger partial charge in [-0.05, 0) is 102 Å². The molecule has 4 aliphatic rings. The minimum absolute atomic E-state index is 0.0147. The normalized spacial score (nSPS) is 28.6. The van der Waals surface area contributed by atoms with Crippen molar-refractivity contribution < 1.29 is 34.1 Å². The van der Waals surface area contributed by atoms with Gasteiger partial charge in [0.1, 0.15) is 5.75 Å². The number of aromatic hydroxyl groups is 2. The highest BCUT2D eigenvalue weighted by atomic mass is 127. The number of amides is 4. The van der Waals surface area contributed by atoms with Crippen LogP contribution in [-0.4, -0.2) is 52.4 Å². The zero-order chi connectivity index (χ0) is 32.5. The van der Waals surface area contributed by atoms with Gasteiger partial charge in [-0.2, -0.15) is 0 Å². The van der Waals surface area contributed by atoms with Crippen LogP contribution in [0.1, 0.15) is 36.8 Å². The van der Waals surface area contributed by atoms with Gasteiger partial charge in [0.05, 0.1) is 39.5 Å². The van der Waals surface area contributed by atoms with Gasteiger partial charge in [-0.3, -0.25) is 24.1 Å². The molecular weight excluding hydrogens is 699 g/mol. The van der Waals surface area contributed by atoms with Gasteiger partial charge in [0, 0.05) is 12.5 Å². The molecule has 3 aromatic rings. The Hall–Kier alpha value is -4.19. The summed E-state index contributed by atoms with van der Waals surface area (Å²) in [5, 5.41) is 20.3. The van der Waals surface area contributed by atoms with Crippen LogP contribution in [0.2, 0.25) is 0 Å². The van der Waals surface area contributed by atoms with Gasteiger partial charge < -0.3 is 14.9 Å². The number of ether oxygens (including phenoxy) is 1. The van der Waals surface area contributed by atoms with Gasteiger partial charge in [0.2, 0.25) is 23.6 Å². The molecule has 10 heteroatoms. The lowest BCUT2D eigenvalue weighted by molar-refractivity contribution is -0.140. The molecule has 1 saturated carbocycles. The van der Waals surface area contributed by atoms with E-state index in [4.69, 9.17) is 4.74 Å². The number of nitrogens with zero attached hydrogens (tertiary/aromatic N) is 2. The van der Waals surface area contributed by atoms with E-state index < -0.39 is 35.0 Å². The van der Waals surface area contributed by atoms with Gasteiger partial charge in [-0.25, -0.2) is 4.90 Å². The summed E-state index contributed by atoms with van der Waals surface area (Å²) < 4.78 is 6.04. The summed E-state index contributed by atoms with van der Waals surface area (Å²) in [4.78, 5) is 59.3. The molecule has 0 spiro atoms. The zero-order valence-corrected chi connectivity index (χ0v) is 27.5. The highest BCUT2D eigenvalue weighted by Gasteiger charge is 2.67. The van der Waals surface area contributed by atoms with Gasteiger partial charge in [0.15, 0.2) is 11.5 Å². The number of methoxy groups -OCH3 is 1. The third kappa shape index (κ3) is 4.47. The fourth-order valence-corrected chi connectivity index (χ4v) is 8.95. The smallest absolute Gasteiger partial charge is 0.241 e. The predicted octanol–water partition coefficient (Wildman–Crippen LogP) is 5.18. The molecule has 0 radical (unpaired) electrons. The number of carbonyl (C=O) groups is 4. The predicted molar refractivity (Wildman–Crippen MR) is 177 cm³/mol. The fraction of sp³-hybridized carbons (Fsp3) is 0.333. The summed E-state index contributed by atoms with van der Waals surface area (Å²) in [5.74, 6) is -3.66. The average molecular weight is 733 g/mol. The summed E-state index contributed by atoms with van der Waals surface area (Å²) in [7, 11) is 1.46. The van der Waals surface area contributed by atoms with Crippen LogP contribution in [0.25, 0.3) is 0 Å². The van der Waals surface area contributed by atoms with E-state index in [-0.39, 0.29) is 53.8 Å². The van der Waals surface area contributed by atoms with Crippen LogP contribution in [0, 0.1) is 32.7 Å². The monoisotopic (exact) mass is 732 g/mol. The molecular formula is C36H33IN2O7. The number of hydrogen-bond acceptors (Lipinski definition) is 7. The van der Waals surface area contributed by atoms with E-state index in [2.05, 4.69) is 0 Å². The molecule has 3 aromatic carbocycles. The molecule has 2 saturated heterocycles. The summed E-state index contributed by atoms with van der Waals surface area (Å²) >= 11 is 2.03. The van der Waals surface area contributed by atoms with E-state index in [1.54, 1.807) is 54.6 Å². The first-order chi connectivity index (χ1) is 22.1. The van der Waals surface area contributed by atoms with Crippen LogP contribution < -0.4 is 9.64 Å². The van der Waals surface area contributed by atoms with Gasteiger partial charge in [-0.15, -0.1) is 0 Å². The number of para-hydroxylation sites is 1. The van der Waals surface area contributed by atoms with E-state index >= 15 is 0 Å². The molecule has 7 rings (SSSR count). The molecule has 2 aliphatic heterocycles. The first-order valence-electron chi connectivity index (χ1n) is 15.4. The van der Waals surface area contributed by atoms with E-state index in [0.717, 1.165) is 11.1 Å². The topological polar surface area (TPSA) is 124 Å². The van der Waals surface area contributed by atoms with Gasteiger partial charge in [0.25, 0.3) is 0 Å². The number of phenolic OH excluding ortho intramolecular Hbond substituents is 2. The van der Waals surface area contributed by atoms with Crippen LogP contribution in [0.4, 0.5) is 5.69 Å². The maximum Gasteiger partial charge on any atom is 0.241 e. The lowest BCUT2D eigenvalue weighted by Crippen LogP contribution is -2.49. The highest BCUT2D eigenvalue weighted by molar-refractivity contribution is 14.1. The van der Waals surface area contributed by atoms with Gasteiger partial charge in [-0.1, -0.05) is 42.0 Å². The van der Waals surface area contributed by atoms with Crippen LogP contribution in [-0.2, 0) is 25.6 Å². The van der Waals surface area contributed by atoms with Crippen molar-refractivity contribution in [3.05, 3.63) is 93.1 Å². The standard InChI is InChI=1S/C36H33IN2O7/c1-36-26(33(43)39(35(36)45)21-6-4-3-5-7-21)18-25-23(30(36)20-16-27(37)31(41)28(17-20)46-2)12-13-24-29(25)34(44)38(32(24)42)15-14-19-8-10-22(40)11-9-19/h3-12,16-17,24-26,29-30,40-41H,13-15,18H2,1-2H3. The van der Waals surface area contributed by atoms with Crippen molar-refractivity contribution in [3.63, 3.8) is 0 Å². The van der Waals surface area contributed by atoms with Crippen molar-refractivity contribution >= 4 is 51.9 Å². The van der Waals surface area contributed by atoms with Crippen molar-refractivity contribution in [2.45, 2.75) is 32.1 Å². The molecule has 0 bridgehead atoms. The van der Waals surface area contributed by atoms with Crippen molar-refractivity contribution in [2.75, 3.05) is 18.6 Å². The molecule has 46 heavy (non-hydrogen) atoms. The van der Waals surface area contributed by atoms with E-state index in [0.29, 0.717) is 27.7 Å². The Morgan fingerprint density at radius 1 is 0.935 bits per heavy atom. The second-order valence-corrected chi connectivity index (χ2v) is 14.0. The van der Waals surface area contributed by atoms with E-state index in [1.165, 1.54) is 16.9 Å². The van der Waals surface area contributed by atoms with E-state index in [9.17, 15) is 29.4 Å². The van der Waals surface area contributed by atoms with Crippen LogP contribution >= 0.6 is 22.6 Å². The molecule has 6 atom stereocenters. The van der Waals surface area contributed by atoms with Crippen LogP contribution in [0.3, 0.4) is 0 Å². The van der Waals surface area contributed by atoms with Crippen molar-refractivity contribution in [3.8, 4) is 17.2 Å². The lowest BCUT2D eigenvalue weighted by Gasteiger charge is -2.49. The highest BCUT2D eigenvalue weighted by Crippen LogP contribution is 2.64. The summed E-state index contributed by atoms with van der Waals surface area (Å²) in [6.45, 7) is 2.06. The number of halogens is 1. The summed E-state index contributed by atoms with van der Waals surface area (Å²) in [5.41, 5.74) is 1.79.